The molecule has 0 bridgehead atoms. The van der Waals surface area contributed by atoms with Gasteiger partial charge in [0, 0.05) is 18.1 Å². The molecule has 1 aliphatic carbocycles. The fourth-order valence-corrected chi connectivity index (χ4v) is 3.78. The van der Waals surface area contributed by atoms with Crippen LogP contribution < -0.4 is 10.5 Å². The standard InChI is InChI=1S/C21H20N4O2/c1-12-20-17(25-21(22)23-12)10-13(11-18(20)26)14-6-3-4-7-15(14)16-8-5-9-19(24-16)27-2/h3-9,13H,10-11H2,1-2H3,(H2,22,23,25)/i2-1. The first-order valence-electron chi connectivity index (χ1n) is 8.83. The first kappa shape index (κ1) is 17.1. The van der Waals surface area contributed by atoms with Crippen LogP contribution in [0.2, 0.25) is 0 Å². The van der Waals surface area contributed by atoms with Crippen LogP contribution in [0.5, 0.6) is 5.88 Å². The Bertz CT molecular complexity index is 1030. The van der Waals surface area contributed by atoms with Crippen molar-refractivity contribution in [1.82, 2.24) is 15.0 Å². The maximum Gasteiger partial charge on any atom is 0.220 e. The Labute approximate surface area is 157 Å². The van der Waals surface area contributed by atoms with Crippen LogP contribution in [0, 0.1) is 6.92 Å². The molecule has 136 valence electrons. The van der Waals surface area contributed by atoms with E-state index < -0.39 is 0 Å². The molecular formula is C21H20N4O2. The number of carbonyl (C=O) groups excluding carboxylic acids is 1. The third-order valence-corrected chi connectivity index (χ3v) is 4.94. The molecule has 4 rings (SSSR count). The minimum absolute atomic E-state index is 0.0166. The number of anilines is 1. The van der Waals surface area contributed by atoms with Crippen LogP contribution in [0.4, 0.5) is 5.95 Å². The van der Waals surface area contributed by atoms with E-state index in [4.69, 9.17) is 10.5 Å². The van der Waals surface area contributed by atoms with Crippen molar-refractivity contribution >= 4 is 11.7 Å². The van der Waals surface area contributed by atoms with Crippen LogP contribution in [0.25, 0.3) is 11.3 Å². The number of pyridine rings is 1. The van der Waals surface area contributed by atoms with Crippen LogP contribution >= 0.6 is 0 Å². The highest BCUT2D eigenvalue weighted by molar-refractivity contribution is 6.00. The number of carbonyl (C=O) groups is 1. The van der Waals surface area contributed by atoms with E-state index in [0.717, 1.165) is 22.5 Å². The number of hydrogen-bond donors (Lipinski definition) is 1. The number of hydrogen-bond acceptors (Lipinski definition) is 6. The van der Waals surface area contributed by atoms with Gasteiger partial charge in [-0.2, -0.15) is 0 Å². The first-order chi connectivity index (χ1) is 13.1. The van der Waals surface area contributed by atoms with E-state index in [0.29, 0.717) is 30.0 Å². The number of ketones is 1. The number of nitrogen functional groups attached to an aromatic ring is 1. The molecule has 1 atom stereocenters. The molecule has 2 N–H and O–H groups in total. The largest absolute Gasteiger partial charge is 0.481 e. The number of ether oxygens (including phenoxy) is 1. The number of nitrogens with two attached hydrogens (primary N) is 1. The zero-order valence-corrected chi connectivity index (χ0v) is 15.3. The molecule has 3 aromatic rings. The van der Waals surface area contributed by atoms with Gasteiger partial charge in [-0.25, -0.2) is 15.0 Å². The van der Waals surface area contributed by atoms with E-state index in [1.54, 1.807) is 7.11 Å². The highest BCUT2D eigenvalue weighted by Crippen LogP contribution is 2.37. The van der Waals surface area contributed by atoms with Crippen molar-refractivity contribution in [3.05, 3.63) is 65.0 Å². The Morgan fingerprint density at radius 1 is 1.04 bits per heavy atom. The third-order valence-electron chi connectivity index (χ3n) is 4.94. The predicted octanol–water partition coefficient (Wildman–Crippen LogP) is 3.35. The second-order valence-corrected chi connectivity index (χ2v) is 6.67. The van der Waals surface area contributed by atoms with Gasteiger partial charge in [-0.1, -0.05) is 30.3 Å². The fourth-order valence-electron chi connectivity index (χ4n) is 3.78. The van der Waals surface area contributed by atoms with Gasteiger partial charge in [-0.05, 0) is 30.9 Å². The molecule has 6 heteroatoms. The lowest BCUT2D eigenvalue weighted by atomic mass is 9.79. The van der Waals surface area contributed by atoms with Gasteiger partial charge >= 0.3 is 0 Å². The molecule has 0 spiro atoms. The van der Waals surface area contributed by atoms with Gasteiger partial charge in [0.15, 0.2) is 5.78 Å². The molecule has 1 aromatic carbocycles. The van der Waals surface area contributed by atoms with Crippen molar-refractivity contribution in [2.45, 2.75) is 25.7 Å². The molecule has 6 nitrogen and oxygen atoms in total. The SMILES string of the molecule is Cc1nc(N)nc2c1C(=O)CC(c1ccccc1-c1cccc(O[11CH3])n1)C2. The first-order valence-corrected chi connectivity index (χ1v) is 8.83. The van der Waals surface area contributed by atoms with Gasteiger partial charge in [0.2, 0.25) is 11.8 Å². The van der Waals surface area contributed by atoms with E-state index >= 15 is 0 Å². The molecule has 0 saturated heterocycles. The number of rotatable bonds is 3. The highest BCUT2D eigenvalue weighted by atomic mass is 16.4. The molecule has 0 saturated carbocycles. The maximum absolute atomic E-state index is 12.8. The Kier molecular flexibility index (Phi) is 4.32. The van der Waals surface area contributed by atoms with Crippen LogP contribution in [-0.4, -0.2) is 27.8 Å². The molecule has 2 aromatic heterocycles. The van der Waals surface area contributed by atoms with E-state index in [1.807, 2.05) is 43.3 Å². The van der Waals surface area contributed by atoms with Gasteiger partial charge in [0.25, 0.3) is 0 Å². The van der Waals surface area contributed by atoms with Gasteiger partial charge in [-0.3, -0.25) is 4.79 Å². The predicted molar refractivity (Wildman–Crippen MR) is 103 cm³/mol. The van der Waals surface area contributed by atoms with Gasteiger partial charge in [0.05, 0.1) is 29.8 Å². The van der Waals surface area contributed by atoms with E-state index in [9.17, 15) is 4.79 Å². The number of fused-ring (bicyclic) bond motifs is 1. The number of aromatic nitrogens is 3. The second kappa shape index (κ2) is 6.79. The zero-order valence-electron chi connectivity index (χ0n) is 15.3. The summed E-state index contributed by atoms with van der Waals surface area (Å²) in [5.41, 5.74) is 10.7. The lowest BCUT2D eigenvalue weighted by Crippen LogP contribution is -2.23. The number of nitrogens with zero attached hydrogens (tertiary/aromatic N) is 3. The summed E-state index contributed by atoms with van der Waals surface area (Å²) in [6.07, 6.45) is 1.07. The van der Waals surface area contributed by atoms with Gasteiger partial charge in [0.1, 0.15) is 0 Å². The minimum Gasteiger partial charge on any atom is -0.481 e. The van der Waals surface area contributed by atoms with Crippen LogP contribution in [-0.2, 0) is 6.42 Å². The Morgan fingerprint density at radius 2 is 1.85 bits per heavy atom. The van der Waals surface area contributed by atoms with Crippen molar-refractivity contribution in [3.63, 3.8) is 0 Å². The normalized spacial score (nSPS) is 16.1. The summed E-state index contributed by atoms with van der Waals surface area (Å²) in [5.74, 6) is 0.848. The smallest absolute Gasteiger partial charge is 0.220 e. The maximum atomic E-state index is 12.8. The number of aryl methyl sites for hydroxylation is 1. The van der Waals surface area contributed by atoms with Crippen molar-refractivity contribution in [3.8, 4) is 17.1 Å². The molecule has 0 amide bonds. The highest BCUT2D eigenvalue weighted by Gasteiger charge is 2.31. The lowest BCUT2D eigenvalue weighted by Gasteiger charge is -2.26. The molecule has 27 heavy (non-hydrogen) atoms. The van der Waals surface area contributed by atoms with Crippen molar-refractivity contribution in [2.24, 2.45) is 0 Å². The summed E-state index contributed by atoms with van der Waals surface area (Å²) >= 11 is 0. The molecule has 0 aliphatic heterocycles. The van der Waals surface area contributed by atoms with E-state index in [-0.39, 0.29) is 17.6 Å². The topological polar surface area (TPSA) is 91.0 Å². The van der Waals surface area contributed by atoms with Crippen molar-refractivity contribution in [1.29, 1.82) is 0 Å². The summed E-state index contributed by atoms with van der Waals surface area (Å²) in [5, 5.41) is 0. The van der Waals surface area contributed by atoms with Crippen LogP contribution in [0.3, 0.4) is 0 Å². The van der Waals surface area contributed by atoms with Gasteiger partial charge in [-0.15, -0.1) is 0 Å². The van der Waals surface area contributed by atoms with E-state index in [2.05, 4.69) is 21.0 Å². The zero-order chi connectivity index (χ0) is 19.0. The van der Waals surface area contributed by atoms with Gasteiger partial charge < -0.3 is 10.5 Å². The number of benzene rings is 1. The lowest BCUT2D eigenvalue weighted by molar-refractivity contribution is 0.0962. The third kappa shape index (κ3) is 3.14. The average molecular weight is 359 g/mol. The summed E-state index contributed by atoms with van der Waals surface area (Å²) < 4.78 is 5.26. The van der Waals surface area contributed by atoms with Crippen LogP contribution in [0.1, 0.15) is 39.6 Å². The monoisotopic (exact) mass is 359 g/mol. The van der Waals surface area contributed by atoms with Crippen LogP contribution in [0.15, 0.2) is 42.5 Å². The summed E-state index contributed by atoms with van der Waals surface area (Å²) in [7, 11) is 1.60. The summed E-state index contributed by atoms with van der Waals surface area (Å²) in [6.45, 7) is 1.81. The molecule has 0 radical (unpaired) electrons. The fraction of sp³-hybridized carbons (Fsp3) is 0.238. The van der Waals surface area contributed by atoms with Crippen molar-refractivity contribution in [2.75, 3.05) is 12.8 Å². The minimum atomic E-state index is 0.0166. The molecule has 1 unspecified atom stereocenters. The Balaban J connectivity index is 1.78. The Morgan fingerprint density at radius 3 is 2.67 bits per heavy atom. The van der Waals surface area contributed by atoms with Crippen molar-refractivity contribution < 1.29 is 9.53 Å². The summed E-state index contributed by atoms with van der Waals surface area (Å²) in [6, 6.07) is 13.7. The average Bonchev–Trinajstić information content (AvgIpc) is 2.67. The quantitative estimate of drug-likeness (QED) is 0.771. The second-order valence-electron chi connectivity index (χ2n) is 6.67. The molecule has 0 fully saturated rings. The number of methoxy groups -OCH3 is 1. The van der Waals surface area contributed by atoms with E-state index in [1.165, 1.54) is 0 Å². The summed E-state index contributed by atoms with van der Waals surface area (Å²) in [4.78, 5) is 25.8. The Hall–Kier alpha value is -3.28. The molecule has 1 aliphatic rings. The molecular weight excluding hydrogens is 339 g/mol. The number of Topliss-reactive ketones (excluding diaryl/α,β-unsaturated/α-hetero) is 1. The molecule has 2 heterocycles.